The summed E-state index contributed by atoms with van der Waals surface area (Å²) in [6.45, 7) is 1.33. The third-order valence-electron chi connectivity index (χ3n) is 4.88. The highest BCUT2D eigenvalue weighted by Crippen LogP contribution is 2.22. The van der Waals surface area contributed by atoms with Gasteiger partial charge < -0.3 is 15.6 Å². The molecule has 3 N–H and O–H groups in total. The molecule has 1 aliphatic rings. The maximum absolute atomic E-state index is 12.8. The van der Waals surface area contributed by atoms with Crippen molar-refractivity contribution in [2.24, 2.45) is 12.8 Å². The minimum Gasteiger partial charge on any atom is -0.349 e. The monoisotopic (exact) mass is 390 g/mol. The molecule has 1 unspecified atom stereocenters. The Morgan fingerprint density at radius 2 is 1.85 bits per heavy atom. The third-order valence-corrected chi connectivity index (χ3v) is 6.74. The molecule has 1 aromatic heterocycles. The molecule has 0 saturated carbocycles. The summed E-state index contributed by atoms with van der Waals surface area (Å²) < 4.78 is 28.6. The molecule has 0 spiro atoms. The lowest BCUT2D eigenvalue weighted by molar-refractivity contribution is 0.0943. The van der Waals surface area contributed by atoms with Gasteiger partial charge in [0.05, 0.1) is 0 Å². The van der Waals surface area contributed by atoms with Gasteiger partial charge in [0.25, 0.3) is 5.91 Å². The highest BCUT2D eigenvalue weighted by Gasteiger charge is 2.28. The fourth-order valence-electron chi connectivity index (χ4n) is 3.27. The predicted molar refractivity (Wildman–Crippen MR) is 104 cm³/mol. The van der Waals surface area contributed by atoms with Crippen LogP contribution in [-0.2, 0) is 17.1 Å². The zero-order valence-corrected chi connectivity index (χ0v) is 16.3. The first kappa shape index (κ1) is 19.6. The molecular weight excluding hydrogens is 364 g/mol. The first-order valence-electron chi connectivity index (χ1n) is 9.15. The minimum atomic E-state index is -3.56. The number of nitrogens with zero attached hydrogens (tertiary/aromatic N) is 2. The van der Waals surface area contributed by atoms with E-state index in [1.54, 1.807) is 11.6 Å². The molecule has 0 aliphatic carbocycles. The maximum Gasteiger partial charge on any atom is 0.268 e. The maximum atomic E-state index is 12.8. The molecule has 1 amide bonds. The van der Waals surface area contributed by atoms with E-state index in [1.165, 1.54) is 16.6 Å². The fraction of sp³-hybridized carbons (Fsp3) is 0.421. The molecule has 2 heterocycles. The number of carbonyl (C=O) groups excluding carboxylic acids is 1. The van der Waals surface area contributed by atoms with Crippen LogP contribution in [-0.4, -0.2) is 42.8 Å². The molecule has 1 aromatic carbocycles. The van der Waals surface area contributed by atoms with Crippen LogP contribution in [0.3, 0.4) is 0 Å². The van der Waals surface area contributed by atoms with Crippen molar-refractivity contribution in [1.82, 2.24) is 14.2 Å². The molecule has 0 radical (unpaired) electrons. The molecule has 0 bridgehead atoms. The number of rotatable bonds is 6. The number of nitrogens with two attached hydrogens (primary N) is 1. The summed E-state index contributed by atoms with van der Waals surface area (Å²) in [5.41, 5.74) is 7.33. The van der Waals surface area contributed by atoms with Crippen molar-refractivity contribution in [3.63, 3.8) is 0 Å². The van der Waals surface area contributed by atoms with Gasteiger partial charge in [-0.1, -0.05) is 36.8 Å². The van der Waals surface area contributed by atoms with Crippen molar-refractivity contribution >= 4 is 15.9 Å². The van der Waals surface area contributed by atoms with Gasteiger partial charge in [-0.25, -0.2) is 8.42 Å². The highest BCUT2D eigenvalue weighted by molar-refractivity contribution is 7.89. The summed E-state index contributed by atoms with van der Waals surface area (Å²) in [6.07, 6.45) is 4.29. The average molecular weight is 391 g/mol. The van der Waals surface area contributed by atoms with Crippen LogP contribution in [0.25, 0.3) is 0 Å². The number of carbonyl (C=O) groups is 1. The average Bonchev–Trinajstić information content (AvgIpc) is 3.10. The fourth-order valence-corrected chi connectivity index (χ4v) is 4.86. The Hall–Kier alpha value is -2.16. The second-order valence-electron chi connectivity index (χ2n) is 6.86. The number of amides is 1. The molecule has 27 heavy (non-hydrogen) atoms. The Balaban J connectivity index is 1.69. The molecule has 146 valence electrons. The predicted octanol–water partition coefficient (Wildman–Crippen LogP) is 1.63. The second kappa shape index (κ2) is 8.24. The van der Waals surface area contributed by atoms with Crippen molar-refractivity contribution in [1.29, 1.82) is 0 Å². The van der Waals surface area contributed by atoms with Crippen molar-refractivity contribution in [2.45, 2.75) is 30.2 Å². The lowest BCUT2D eigenvalue weighted by Crippen LogP contribution is -2.35. The van der Waals surface area contributed by atoms with Crippen LogP contribution in [0.5, 0.6) is 0 Å². The Bertz CT molecular complexity index is 887. The highest BCUT2D eigenvalue weighted by atomic mass is 32.2. The van der Waals surface area contributed by atoms with Gasteiger partial charge in [0.2, 0.25) is 10.0 Å². The van der Waals surface area contributed by atoms with Crippen molar-refractivity contribution in [3.8, 4) is 0 Å². The van der Waals surface area contributed by atoms with Gasteiger partial charge in [0.1, 0.15) is 10.6 Å². The summed E-state index contributed by atoms with van der Waals surface area (Å²) in [6, 6.07) is 10.6. The summed E-state index contributed by atoms with van der Waals surface area (Å²) >= 11 is 0. The molecular formula is C19H26N4O3S. The molecule has 1 aliphatic heterocycles. The molecule has 8 heteroatoms. The number of hydrogen-bond acceptors (Lipinski definition) is 4. The number of aromatic nitrogens is 1. The molecule has 1 fully saturated rings. The van der Waals surface area contributed by atoms with Crippen LogP contribution < -0.4 is 11.1 Å². The van der Waals surface area contributed by atoms with E-state index in [9.17, 15) is 13.2 Å². The first-order valence-corrected chi connectivity index (χ1v) is 10.6. The van der Waals surface area contributed by atoms with E-state index in [-0.39, 0.29) is 23.4 Å². The lowest BCUT2D eigenvalue weighted by atomic mass is 10.1. The number of aryl methyl sites for hydroxylation is 1. The van der Waals surface area contributed by atoms with E-state index in [4.69, 9.17) is 5.73 Å². The normalized spacial score (nSPS) is 16.8. The molecule has 7 nitrogen and oxygen atoms in total. The minimum absolute atomic E-state index is 0.157. The smallest absolute Gasteiger partial charge is 0.268 e. The van der Waals surface area contributed by atoms with E-state index in [0.717, 1.165) is 24.8 Å². The second-order valence-corrected chi connectivity index (χ2v) is 8.80. The SMILES string of the molecule is Cn1cc(S(=O)(=O)N2CCCCC2)cc1C(=O)NCC(N)c1ccccc1. The van der Waals surface area contributed by atoms with Crippen LogP contribution in [0.15, 0.2) is 47.5 Å². The Morgan fingerprint density at radius 1 is 1.19 bits per heavy atom. The third kappa shape index (κ3) is 4.40. The van der Waals surface area contributed by atoms with Crippen molar-refractivity contribution in [3.05, 3.63) is 53.9 Å². The van der Waals surface area contributed by atoms with Crippen molar-refractivity contribution < 1.29 is 13.2 Å². The van der Waals surface area contributed by atoms with Crippen LogP contribution in [0.1, 0.15) is 41.4 Å². The van der Waals surface area contributed by atoms with E-state index in [1.807, 2.05) is 30.3 Å². The summed E-state index contributed by atoms with van der Waals surface area (Å²) in [7, 11) is -1.90. The number of benzene rings is 1. The summed E-state index contributed by atoms with van der Waals surface area (Å²) in [5.74, 6) is -0.344. The lowest BCUT2D eigenvalue weighted by Gasteiger charge is -2.25. The first-order chi connectivity index (χ1) is 12.9. The number of sulfonamides is 1. The largest absolute Gasteiger partial charge is 0.349 e. The van der Waals surface area contributed by atoms with Crippen LogP contribution in [0, 0.1) is 0 Å². The van der Waals surface area contributed by atoms with Crippen LogP contribution >= 0.6 is 0 Å². The van der Waals surface area contributed by atoms with Gasteiger partial charge in [0, 0.05) is 38.9 Å². The van der Waals surface area contributed by atoms with Gasteiger partial charge >= 0.3 is 0 Å². The van der Waals surface area contributed by atoms with E-state index in [0.29, 0.717) is 18.8 Å². The van der Waals surface area contributed by atoms with E-state index >= 15 is 0 Å². The zero-order valence-electron chi connectivity index (χ0n) is 15.5. The molecule has 1 saturated heterocycles. The van der Waals surface area contributed by atoms with Gasteiger partial charge in [-0.2, -0.15) is 4.31 Å². The summed E-state index contributed by atoms with van der Waals surface area (Å²) in [4.78, 5) is 12.7. The van der Waals surface area contributed by atoms with Gasteiger partial charge in [0.15, 0.2) is 0 Å². The number of nitrogens with one attached hydrogen (secondary N) is 1. The molecule has 2 aromatic rings. The zero-order chi connectivity index (χ0) is 19.4. The van der Waals surface area contributed by atoms with Crippen LogP contribution in [0.2, 0.25) is 0 Å². The Kier molecular flexibility index (Phi) is 5.98. The quantitative estimate of drug-likeness (QED) is 0.783. The van der Waals surface area contributed by atoms with Gasteiger partial charge in [-0.05, 0) is 24.5 Å². The summed E-state index contributed by atoms with van der Waals surface area (Å²) in [5, 5.41) is 2.79. The van der Waals surface area contributed by atoms with Crippen LogP contribution in [0.4, 0.5) is 0 Å². The topological polar surface area (TPSA) is 97.4 Å². The Morgan fingerprint density at radius 3 is 2.52 bits per heavy atom. The number of piperidine rings is 1. The van der Waals surface area contributed by atoms with E-state index in [2.05, 4.69) is 5.32 Å². The van der Waals surface area contributed by atoms with Gasteiger partial charge in [-0.3, -0.25) is 4.79 Å². The van der Waals surface area contributed by atoms with Gasteiger partial charge in [-0.15, -0.1) is 0 Å². The van der Waals surface area contributed by atoms with Crippen molar-refractivity contribution in [2.75, 3.05) is 19.6 Å². The van der Waals surface area contributed by atoms with E-state index < -0.39 is 10.0 Å². The molecule has 3 rings (SSSR count). The standard InChI is InChI=1S/C19H26N4O3S/c1-22-14-16(27(25,26)23-10-6-3-7-11-23)12-18(22)19(24)21-13-17(20)15-8-4-2-5-9-15/h2,4-5,8-9,12,14,17H,3,6-7,10-11,13,20H2,1H3,(H,21,24). The number of hydrogen-bond donors (Lipinski definition) is 2. The Labute approximate surface area is 160 Å². The molecule has 1 atom stereocenters.